The monoisotopic (exact) mass is 561 g/mol. The van der Waals surface area contributed by atoms with E-state index in [0.29, 0.717) is 29.5 Å². The predicted octanol–water partition coefficient (Wildman–Crippen LogP) is 4.76. The lowest BCUT2D eigenvalue weighted by atomic mass is 10.1. The van der Waals surface area contributed by atoms with Gasteiger partial charge in [-0.25, -0.2) is 13.2 Å². The third-order valence-corrected chi connectivity index (χ3v) is 9.14. The van der Waals surface area contributed by atoms with E-state index >= 15 is 0 Å². The van der Waals surface area contributed by atoms with Crippen LogP contribution in [0.3, 0.4) is 0 Å². The van der Waals surface area contributed by atoms with Gasteiger partial charge in [-0.15, -0.1) is 0 Å². The molecule has 1 aliphatic rings. The fourth-order valence-electron chi connectivity index (χ4n) is 5.13. The van der Waals surface area contributed by atoms with E-state index in [9.17, 15) is 13.2 Å². The molecule has 4 aromatic rings. The molecule has 0 bridgehead atoms. The molecule has 0 aliphatic carbocycles. The second-order valence-electron chi connectivity index (χ2n) is 9.87. The number of nitrogens with one attached hydrogen (secondary N) is 1. The summed E-state index contributed by atoms with van der Waals surface area (Å²) in [6.07, 6.45) is 0.579. The van der Waals surface area contributed by atoms with Crippen LogP contribution in [0.25, 0.3) is 11.0 Å². The normalized spacial score (nSPS) is 14.1. The topological polar surface area (TPSA) is 92.1 Å². The minimum Gasteiger partial charge on any atom is -0.460 e. The standard InChI is InChI=1S/C31H35N3O5S/c1-3-38-31(35)30-23(2)27-21-26(13-14-29(27)39-30)40(36,37)34(18-15-24-9-5-4-6-10-24)22-25-11-7-8-12-28(25)33-19-16-32-17-20-33/h4-14,21,32H,3,15-20,22H2,1-2H3. The molecule has 0 atom stereocenters. The molecule has 0 spiro atoms. The summed E-state index contributed by atoms with van der Waals surface area (Å²) in [6, 6.07) is 22.7. The fourth-order valence-corrected chi connectivity index (χ4v) is 6.58. The molecule has 0 amide bonds. The van der Waals surface area contributed by atoms with Crippen LogP contribution >= 0.6 is 0 Å². The molecule has 1 saturated heterocycles. The van der Waals surface area contributed by atoms with Crippen molar-refractivity contribution < 1.29 is 22.4 Å². The van der Waals surface area contributed by atoms with Crippen molar-refractivity contribution in [2.24, 2.45) is 0 Å². The van der Waals surface area contributed by atoms with Gasteiger partial charge in [-0.2, -0.15) is 4.31 Å². The Labute approximate surface area is 235 Å². The number of fused-ring (bicyclic) bond motifs is 1. The largest absolute Gasteiger partial charge is 0.460 e. The van der Waals surface area contributed by atoms with E-state index in [2.05, 4.69) is 16.3 Å². The molecule has 5 rings (SSSR count). The minimum absolute atomic E-state index is 0.0947. The highest BCUT2D eigenvalue weighted by molar-refractivity contribution is 7.89. The summed E-state index contributed by atoms with van der Waals surface area (Å²) < 4.78 is 40.8. The Balaban J connectivity index is 1.51. The van der Waals surface area contributed by atoms with Gasteiger partial charge in [-0.1, -0.05) is 48.5 Å². The number of ether oxygens (including phenoxy) is 1. The zero-order valence-electron chi connectivity index (χ0n) is 22.9. The van der Waals surface area contributed by atoms with E-state index in [-0.39, 0.29) is 23.8 Å². The molecule has 0 unspecified atom stereocenters. The maximum absolute atomic E-state index is 14.2. The zero-order valence-corrected chi connectivity index (χ0v) is 23.7. The number of benzene rings is 3. The van der Waals surface area contributed by atoms with Gasteiger partial charge in [0.15, 0.2) is 0 Å². The van der Waals surface area contributed by atoms with Crippen LogP contribution in [0, 0.1) is 6.92 Å². The lowest BCUT2D eigenvalue weighted by molar-refractivity contribution is 0.0491. The lowest BCUT2D eigenvalue weighted by Gasteiger charge is -2.32. The first-order chi connectivity index (χ1) is 19.4. The lowest BCUT2D eigenvalue weighted by Crippen LogP contribution is -2.44. The van der Waals surface area contributed by atoms with Crippen molar-refractivity contribution >= 4 is 32.6 Å². The molecule has 2 heterocycles. The first kappa shape index (κ1) is 27.9. The zero-order chi connectivity index (χ0) is 28.1. The summed E-state index contributed by atoms with van der Waals surface area (Å²) in [5.74, 6) is -0.466. The molecule has 0 saturated carbocycles. The maximum atomic E-state index is 14.2. The Morgan fingerprint density at radius 2 is 1.75 bits per heavy atom. The number of piperazine rings is 1. The van der Waals surface area contributed by atoms with Crippen molar-refractivity contribution in [3.8, 4) is 0 Å². The number of furan rings is 1. The van der Waals surface area contributed by atoms with Crippen LogP contribution in [0.15, 0.2) is 82.1 Å². The van der Waals surface area contributed by atoms with Crippen molar-refractivity contribution in [2.75, 3.05) is 44.2 Å². The number of carbonyl (C=O) groups excluding carboxylic acids is 1. The summed E-state index contributed by atoms with van der Waals surface area (Å²) in [5, 5.41) is 3.96. The molecule has 40 heavy (non-hydrogen) atoms. The van der Waals surface area contributed by atoms with Gasteiger partial charge in [0.1, 0.15) is 5.58 Å². The van der Waals surface area contributed by atoms with Crippen LogP contribution in [0.2, 0.25) is 0 Å². The number of hydrogen-bond acceptors (Lipinski definition) is 7. The van der Waals surface area contributed by atoms with E-state index in [1.54, 1.807) is 36.4 Å². The van der Waals surface area contributed by atoms with Gasteiger partial charge in [0, 0.05) is 55.9 Å². The molecule has 9 heteroatoms. The Bertz CT molecular complexity index is 1580. The molecule has 8 nitrogen and oxygen atoms in total. The van der Waals surface area contributed by atoms with Crippen molar-refractivity contribution in [2.45, 2.75) is 31.7 Å². The van der Waals surface area contributed by atoms with Crippen LogP contribution in [-0.2, 0) is 27.7 Å². The molecular weight excluding hydrogens is 526 g/mol. The Kier molecular flexibility index (Phi) is 8.54. The van der Waals surface area contributed by atoms with Crippen LogP contribution in [0.5, 0.6) is 0 Å². The summed E-state index contributed by atoms with van der Waals surface area (Å²) in [6.45, 7) is 7.77. The molecule has 0 radical (unpaired) electrons. The van der Waals surface area contributed by atoms with Crippen LogP contribution in [-0.4, -0.2) is 58.0 Å². The maximum Gasteiger partial charge on any atom is 0.374 e. The molecule has 1 aromatic heterocycles. The molecule has 1 fully saturated rings. The van der Waals surface area contributed by atoms with Gasteiger partial charge in [-0.3, -0.25) is 0 Å². The van der Waals surface area contributed by atoms with Gasteiger partial charge >= 0.3 is 5.97 Å². The number of rotatable bonds is 10. The molecule has 1 N–H and O–H groups in total. The first-order valence-corrected chi connectivity index (χ1v) is 15.1. The highest BCUT2D eigenvalue weighted by Crippen LogP contribution is 2.31. The number of para-hydroxylation sites is 1. The minimum atomic E-state index is -3.90. The Morgan fingerprint density at radius 3 is 2.50 bits per heavy atom. The average Bonchev–Trinajstić information content (AvgIpc) is 3.32. The quantitative estimate of drug-likeness (QED) is 0.279. The van der Waals surface area contributed by atoms with E-state index in [4.69, 9.17) is 9.15 Å². The molecule has 1 aliphatic heterocycles. The van der Waals surface area contributed by atoms with Crippen molar-refractivity contribution in [3.63, 3.8) is 0 Å². The van der Waals surface area contributed by atoms with Crippen LogP contribution in [0.1, 0.15) is 34.2 Å². The molecule has 3 aromatic carbocycles. The summed E-state index contributed by atoms with van der Waals surface area (Å²) in [5.41, 5.74) is 4.10. The Hall–Kier alpha value is -3.66. The number of sulfonamides is 1. The second kappa shape index (κ2) is 12.2. The number of esters is 1. The van der Waals surface area contributed by atoms with E-state index in [1.807, 2.05) is 48.5 Å². The summed E-state index contributed by atoms with van der Waals surface area (Å²) >= 11 is 0. The molecular formula is C31H35N3O5S. The van der Waals surface area contributed by atoms with Crippen molar-refractivity contribution in [1.29, 1.82) is 0 Å². The fraction of sp³-hybridized carbons (Fsp3) is 0.323. The van der Waals surface area contributed by atoms with Crippen LogP contribution in [0.4, 0.5) is 5.69 Å². The van der Waals surface area contributed by atoms with Gasteiger partial charge in [0.05, 0.1) is 11.5 Å². The van der Waals surface area contributed by atoms with Gasteiger partial charge < -0.3 is 19.4 Å². The highest BCUT2D eigenvalue weighted by Gasteiger charge is 2.28. The number of carbonyl (C=O) groups is 1. The molecule has 210 valence electrons. The van der Waals surface area contributed by atoms with E-state index < -0.39 is 16.0 Å². The van der Waals surface area contributed by atoms with Crippen molar-refractivity contribution in [3.05, 3.63) is 95.2 Å². The van der Waals surface area contributed by atoms with Gasteiger partial charge in [-0.05, 0) is 55.7 Å². The van der Waals surface area contributed by atoms with E-state index in [0.717, 1.165) is 43.0 Å². The SMILES string of the molecule is CCOC(=O)c1oc2ccc(S(=O)(=O)N(CCc3ccccc3)Cc3ccccc3N3CCNCC3)cc2c1C. The number of hydrogen-bond donors (Lipinski definition) is 1. The van der Waals surface area contributed by atoms with Gasteiger partial charge in [0.2, 0.25) is 15.8 Å². The third-order valence-electron chi connectivity index (χ3n) is 7.29. The van der Waals surface area contributed by atoms with Crippen LogP contribution < -0.4 is 10.2 Å². The van der Waals surface area contributed by atoms with Crippen molar-refractivity contribution in [1.82, 2.24) is 9.62 Å². The first-order valence-electron chi connectivity index (χ1n) is 13.7. The smallest absolute Gasteiger partial charge is 0.374 e. The van der Waals surface area contributed by atoms with Gasteiger partial charge in [0.25, 0.3) is 0 Å². The predicted molar refractivity (Wildman–Crippen MR) is 156 cm³/mol. The Morgan fingerprint density at radius 1 is 1.02 bits per heavy atom. The number of nitrogens with zero attached hydrogens (tertiary/aromatic N) is 2. The summed E-state index contributed by atoms with van der Waals surface area (Å²) in [7, 11) is -3.90. The third kappa shape index (κ3) is 5.91. The number of anilines is 1. The summed E-state index contributed by atoms with van der Waals surface area (Å²) in [4.78, 5) is 14.8. The average molecular weight is 562 g/mol. The highest BCUT2D eigenvalue weighted by atomic mass is 32.2. The second-order valence-corrected chi connectivity index (χ2v) is 11.8. The van der Waals surface area contributed by atoms with E-state index in [1.165, 1.54) is 0 Å². The number of aryl methyl sites for hydroxylation is 1.